The molecule has 0 saturated heterocycles. The number of benzene rings is 2. The molecule has 1 unspecified atom stereocenters. The van der Waals surface area contributed by atoms with Crippen LogP contribution in [0, 0.1) is 0 Å². The number of carbonyl (C=O) groups is 1. The Kier molecular flexibility index (Phi) is 6.04. The van der Waals surface area contributed by atoms with E-state index in [0.29, 0.717) is 33.5 Å². The molecule has 1 atom stereocenters. The van der Waals surface area contributed by atoms with E-state index in [1.807, 2.05) is 6.92 Å². The largest absolute Gasteiger partial charge is 0.457 e. The molecule has 0 aliphatic heterocycles. The van der Waals surface area contributed by atoms with Crippen molar-refractivity contribution in [3.05, 3.63) is 57.6 Å². The zero-order valence-corrected chi connectivity index (χ0v) is 14.9. The highest BCUT2D eigenvalue weighted by Gasteiger charge is 2.11. The maximum atomic E-state index is 11.9. The number of carbonyl (C=O) groups excluding carboxylic acids is 1. The van der Waals surface area contributed by atoms with Crippen molar-refractivity contribution in [3.8, 4) is 11.5 Å². The van der Waals surface area contributed by atoms with E-state index in [0.717, 1.165) is 5.56 Å². The van der Waals surface area contributed by atoms with Gasteiger partial charge in [0.2, 0.25) is 0 Å². The molecule has 1 N–H and O–H groups in total. The molecular weight excluding hydrogens is 357 g/mol. The zero-order valence-electron chi connectivity index (χ0n) is 12.6. The molecule has 0 heterocycles. The van der Waals surface area contributed by atoms with Crippen LogP contribution in [-0.2, 0) is 17.4 Å². The lowest BCUT2D eigenvalue weighted by Crippen LogP contribution is -2.24. The Bertz CT molecular complexity index is 765. The van der Waals surface area contributed by atoms with Crippen LogP contribution in [0.2, 0.25) is 10.0 Å². The van der Waals surface area contributed by atoms with Crippen LogP contribution >= 0.6 is 23.2 Å². The van der Waals surface area contributed by atoms with Crippen molar-refractivity contribution in [2.45, 2.75) is 13.3 Å². The average molecular weight is 372 g/mol. The topological polar surface area (TPSA) is 55.4 Å². The molecule has 0 aliphatic carbocycles. The Balaban J connectivity index is 2.27. The van der Waals surface area contributed by atoms with Gasteiger partial charge in [0.25, 0.3) is 5.91 Å². The van der Waals surface area contributed by atoms with Gasteiger partial charge in [0.15, 0.2) is 0 Å². The van der Waals surface area contributed by atoms with Gasteiger partial charge >= 0.3 is 0 Å². The van der Waals surface area contributed by atoms with E-state index in [4.69, 9.17) is 27.9 Å². The van der Waals surface area contributed by atoms with Crippen LogP contribution in [0.1, 0.15) is 22.8 Å². The predicted molar refractivity (Wildman–Crippen MR) is 93.9 cm³/mol. The standard InChI is InChI=1S/C16H15Cl2NO3S/c1-3-10-8-11(16(20)19-23(2)21)4-7-15(10)22-12-5-6-13(17)14(18)9-12/h4-9H,3H2,1-2H3,(H,19,20). The lowest BCUT2D eigenvalue weighted by Gasteiger charge is -2.12. The smallest absolute Gasteiger partial charge is 0.262 e. The SMILES string of the molecule is CCc1cc(C(=O)NS(C)=O)ccc1Oc1ccc(Cl)c(Cl)c1. The number of amides is 1. The van der Waals surface area contributed by atoms with Gasteiger partial charge in [-0.25, -0.2) is 4.21 Å². The highest BCUT2D eigenvalue weighted by atomic mass is 35.5. The fraction of sp³-hybridized carbons (Fsp3) is 0.188. The lowest BCUT2D eigenvalue weighted by atomic mass is 10.1. The third-order valence-corrected chi connectivity index (χ3v) is 4.27. The van der Waals surface area contributed by atoms with E-state index in [1.54, 1.807) is 36.4 Å². The molecule has 4 nitrogen and oxygen atoms in total. The van der Waals surface area contributed by atoms with E-state index in [9.17, 15) is 9.00 Å². The number of nitrogens with one attached hydrogen (secondary N) is 1. The normalized spacial score (nSPS) is 11.8. The number of halogens is 2. The highest BCUT2D eigenvalue weighted by Crippen LogP contribution is 2.31. The minimum Gasteiger partial charge on any atom is -0.457 e. The molecule has 7 heteroatoms. The number of rotatable bonds is 5. The van der Waals surface area contributed by atoms with Gasteiger partial charge in [-0.3, -0.25) is 9.52 Å². The lowest BCUT2D eigenvalue weighted by molar-refractivity contribution is 0.0983. The molecule has 1 amide bonds. The summed E-state index contributed by atoms with van der Waals surface area (Å²) in [5.41, 5.74) is 1.28. The Morgan fingerprint density at radius 3 is 2.52 bits per heavy atom. The Hall–Kier alpha value is -1.56. The first-order valence-corrected chi connectivity index (χ1v) is 9.12. The fourth-order valence-corrected chi connectivity index (χ4v) is 2.62. The van der Waals surface area contributed by atoms with E-state index < -0.39 is 11.0 Å². The summed E-state index contributed by atoms with van der Waals surface area (Å²) < 4.78 is 19.3. The third-order valence-electron chi connectivity index (χ3n) is 3.06. The third kappa shape index (κ3) is 4.70. The number of hydrogen-bond acceptors (Lipinski definition) is 3. The van der Waals surface area contributed by atoms with E-state index in [1.165, 1.54) is 6.26 Å². The molecule has 0 spiro atoms. The van der Waals surface area contributed by atoms with Crippen molar-refractivity contribution >= 4 is 40.1 Å². The summed E-state index contributed by atoms with van der Waals surface area (Å²) in [4.78, 5) is 11.9. The van der Waals surface area contributed by atoms with Gasteiger partial charge in [-0.1, -0.05) is 30.1 Å². The summed E-state index contributed by atoms with van der Waals surface area (Å²) >= 11 is 11.9. The maximum absolute atomic E-state index is 11.9. The molecule has 2 rings (SSSR count). The average Bonchev–Trinajstić information content (AvgIpc) is 2.50. The first kappa shape index (κ1) is 17.8. The van der Waals surface area contributed by atoms with Gasteiger partial charge < -0.3 is 4.74 Å². The van der Waals surface area contributed by atoms with Gasteiger partial charge in [-0.2, -0.15) is 0 Å². The second-order valence-corrected chi connectivity index (χ2v) is 6.67. The van der Waals surface area contributed by atoms with E-state index in [2.05, 4.69) is 4.72 Å². The maximum Gasteiger partial charge on any atom is 0.262 e. The van der Waals surface area contributed by atoms with Crippen LogP contribution in [0.4, 0.5) is 0 Å². The van der Waals surface area contributed by atoms with E-state index in [-0.39, 0.29) is 5.91 Å². The molecule has 0 aromatic heterocycles. The molecule has 23 heavy (non-hydrogen) atoms. The first-order chi connectivity index (χ1) is 10.9. The summed E-state index contributed by atoms with van der Waals surface area (Å²) in [7, 11) is -1.40. The Labute approximate surface area is 147 Å². The Morgan fingerprint density at radius 2 is 1.91 bits per heavy atom. The number of ether oxygens (including phenoxy) is 1. The quantitative estimate of drug-likeness (QED) is 0.848. The molecule has 0 radical (unpaired) electrons. The van der Waals surface area contributed by atoms with Crippen LogP contribution < -0.4 is 9.46 Å². The summed E-state index contributed by atoms with van der Waals surface area (Å²) in [5.74, 6) is 0.794. The molecule has 0 saturated carbocycles. The molecule has 0 bridgehead atoms. The fourth-order valence-electron chi connectivity index (χ4n) is 1.95. The van der Waals surface area contributed by atoms with Crippen LogP contribution in [0.25, 0.3) is 0 Å². The summed E-state index contributed by atoms with van der Waals surface area (Å²) in [5, 5.41) is 0.859. The van der Waals surface area contributed by atoms with Crippen molar-refractivity contribution in [2.75, 3.05) is 6.26 Å². The Morgan fingerprint density at radius 1 is 1.17 bits per heavy atom. The first-order valence-electron chi connectivity index (χ1n) is 6.81. The van der Waals surface area contributed by atoms with Crippen molar-refractivity contribution in [1.29, 1.82) is 0 Å². The number of aryl methyl sites for hydroxylation is 1. The van der Waals surface area contributed by atoms with Gasteiger partial charge in [-0.05, 0) is 42.3 Å². The molecule has 0 fully saturated rings. The zero-order chi connectivity index (χ0) is 17.0. The van der Waals surface area contributed by atoms with Gasteiger partial charge in [-0.15, -0.1) is 0 Å². The van der Waals surface area contributed by atoms with Gasteiger partial charge in [0, 0.05) is 17.9 Å². The van der Waals surface area contributed by atoms with Crippen molar-refractivity contribution in [2.24, 2.45) is 0 Å². The minimum absolute atomic E-state index is 0.387. The molecule has 2 aromatic rings. The molecule has 122 valence electrons. The summed E-state index contributed by atoms with van der Waals surface area (Å²) in [6.45, 7) is 1.96. The van der Waals surface area contributed by atoms with E-state index >= 15 is 0 Å². The summed E-state index contributed by atoms with van der Waals surface area (Å²) in [6, 6.07) is 10.0. The predicted octanol–water partition coefficient (Wildman–Crippen LogP) is 4.37. The van der Waals surface area contributed by atoms with Crippen LogP contribution in [0.5, 0.6) is 11.5 Å². The van der Waals surface area contributed by atoms with Crippen molar-refractivity contribution < 1.29 is 13.7 Å². The molecular formula is C16H15Cl2NO3S. The van der Waals surface area contributed by atoms with Crippen LogP contribution in [0.3, 0.4) is 0 Å². The van der Waals surface area contributed by atoms with Crippen LogP contribution in [-0.4, -0.2) is 16.4 Å². The minimum atomic E-state index is -1.40. The molecule has 0 aliphatic rings. The molecule has 2 aromatic carbocycles. The number of hydrogen-bond donors (Lipinski definition) is 1. The summed E-state index contributed by atoms with van der Waals surface area (Å²) in [6.07, 6.45) is 2.08. The highest BCUT2D eigenvalue weighted by molar-refractivity contribution is 7.82. The van der Waals surface area contributed by atoms with Gasteiger partial charge in [0.05, 0.1) is 10.0 Å². The van der Waals surface area contributed by atoms with Crippen molar-refractivity contribution in [1.82, 2.24) is 4.72 Å². The van der Waals surface area contributed by atoms with Gasteiger partial charge in [0.1, 0.15) is 22.5 Å². The van der Waals surface area contributed by atoms with Crippen LogP contribution in [0.15, 0.2) is 36.4 Å². The monoisotopic (exact) mass is 371 g/mol. The van der Waals surface area contributed by atoms with Crippen molar-refractivity contribution in [3.63, 3.8) is 0 Å². The second-order valence-electron chi connectivity index (χ2n) is 4.74. The second kappa shape index (κ2) is 7.81.